The van der Waals surface area contributed by atoms with Crippen LogP contribution in [0.2, 0.25) is 5.02 Å². The van der Waals surface area contributed by atoms with Crippen LogP contribution in [0.4, 0.5) is 10.5 Å². The van der Waals surface area contributed by atoms with Crippen molar-refractivity contribution in [3.8, 4) is 0 Å². The number of hydrogen-bond acceptors (Lipinski definition) is 6. The van der Waals surface area contributed by atoms with Crippen molar-refractivity contribution in [3.05, 3.63) is 99.5 Å². The number of aromatic nitrogens is 1. The fraction of sp³-hybridized carbons (Fsp3) is 0.222. The van der Waals surface area contributed by atoms with Crippen molar-refractivity contribution in [1.29, 1.82) is 0 Å². The van der Waals surface area contributed by atoms with E-state index >= 15 is 0 Å². The summed E-state index contributed by atoms with van der Waals surface area (Å²) in [6.07, 6.45) is -0.392. The number of carbonyl (C=O) groups is 2. The molecule has 37 heavy (non-hydrogen) atoms. The van der Waals surface area contributed by atoms with Crippen LogP contribution >= 0.6 is 11.6 Å². The number of fused-ring (bicyclic) bond motifs is 1. The summed E-state index contributed by atoms with van der Waals surface area (Å²) >= 11 is 5.91. The van der Waals surface area contributed by atoms with Gasteiger partial charge in [0, 0.05) is 43.0 Å². The Kier molecular flexibility index (Phi) is 7.25. The number of halogens is 1. The number of carbonyl (C=O) groups excluding carboxylic acids is 2. The minimum absolute atomic E-state index is 0.164. The maximum atomic E-state index is 13.5. The largest absolute Gasteiger partial charge is 0.445 e. The number of H-pyrrole nitrogens is 1. The monoisotopic (exact) mass is 520 g/mol. The molecule has 1 fully saturated rings. The minimum atomic E-state index is -0.567. The third kappa shape index (κ3) is 5.84. The number of hydrogen-bond donors (Lipinski definition) is 2. The summed E-state index contributed by atoms with van der Waals surface area (Å²) in [6.45, 7) is 2.01. The van der Waals surface area contributed by atoms with Crippen LogP contribution in [-0.4, -0.2) is 53.0 Å². The van der Waals surface area contributed by atoms with Crippen molar-refractivity contribution in [2.45, 2.75) is 12.6 Å². The maximum absolute atomic E-state index is 13.5. The quantitative estimate of drug-likeness (QED) is 0.390. The van der Waals surface area contributed by atoms with Gasteiger partial charge in [0.15, 0.2) is 5.58 Å². The van der Waals surface area contributed by atoms with Crippen molar-refractivity contribution in [2.75, 3.05) is 31.5 Å². The summed E-state index contributed by atoms with van der Waals surface area (Å²) in [6, 6.07) is 21.1. The predicted octanol–water partition coefficient (Wildman–Crippen LogP) is 4.41. The zero-order chi connectivity index (χ0) is 25.8. The highest BCUT2D eigenvalue weighted by Crippen LogP contribution is 2.25. The van der Waals surface area contributed by atoms with Crippen molar-refractivity contribution in [1.82, 2.24) is 14.8 Å². The molecule has 10 heteroatoms. The molecule has 9 nitrogen and oxygen atoms in total. The first kappa shape index (κ1) is 24.6. The second-order valence-electron chi connectivity index (χ2n) is 8.73. The van der Waals surface area contributed by atoms with Gasteiger partial charge in [0.1, 0.15) is 12.6 Å². The van der Waals surface area contributed by atoms with E-state index in [1.807, 2.05) is 47.4 Å². The van der Waals surface area contributed by atoms with Gasteiger partial charge in [-0.15, -0.1) is 0 Å². The molecule has 0 aliphatic carbocycles. The van der Waals surface area contributed by atoms with Gasteiger partial charge >= 0.3 is 11.8 Å². The fourth-order valence-electron chi connectivity index (χ4n) is 4.38. The number of anilines is 1. The lowest BCUT2D eigenvalue weighted by atomic mass is 10.0. The summed E-state index contributed by atoms with van der Waals surface area (Å²) in [5.74, 6) is -0.771. The molecule has 0 radical (unpaired) electrons. The number of aromatic amines is 1. The SMILES string of the molecule is O=C(Nc1ccc2[nH]c(=O)oc2c1)C(c1ccccc1)N1CCN(C(=O)OCc2ccc(Cl)cc2)CC1. The van der Waals surface area contributed by atoms with E-state index in [2.05, 4.69) is 10.3 Å². The van der Waals surface area contributed by atoms with Gasteiger partial charge in [0.05, 0.1) is 5.52 Å². The first-order valence-corrected chi connectivity index (χ1v) is 12.2. The maximum Gasteiger partial charge on any atom is 0.417 e. The lowest BCUT2D eigenvalue weighted by Gasteiger charge is -2.38. The number of nitrogens with one attached hydrogen (secondary N) is 2. The first-order valence-electron chi connectivity index (χ1n) is 11.9. The summed E-state index contributed by atoms with van der Waals surface area (Å²) in [4.78, 5) is 43.8. The summed E-state index contributed by atoms with van der Waals surface area (Å²) in [5, 5.41) is 3.57. The second-order valence-corrected chi connectivity index (χ2v) is 9.17. The summed E-state index contributed by atoms with van der Waals surface area (Å²) in [5.41, 5.74) is 3.14. The Hall–Kier alpha value is -4.08. The van der Waals surface area contributed by atoms with Gasteiger partial charge in [-0.1, -0.05) is 54.1 Å². The van der Waals surface area contributed by atoms with E-state index in [0.29, 0.717) is 48.0 Å². The normalized spacial score (nSPS) is 14.9. The second kappa shape index (κ2) is 10.9. The molecule has 0 spiro atoms. The molecular weight excluding hydrogens is 496 g/mol. The van der Waals surface area contributed by atoms with Gasteiger partial charge in [0.25, 0.3) is 0 Å². The van der Waals surface area contributed by atoms with Crippen LogP contribution in [0.15, 0.2) is 82.0 Å². The number of oxazole rings is 1. The van der Waals surface area contributed by atoms with Crippen molar-refractivity contribution in [3.63, 3.8) is 0 Å². The van der Waals surface area contributed by atoms with E-state index in [9.17, 15) is 14.4 Å². The minimum Gasteiger partial charge on any atom is -0.445 e. The molecule has 1 aliphatic rings. The molecule has 5 rings (SSSR count). The molecule has 2 amide bonds. The van der Waals surface area contributed by atoms with Gasteiger partial charge in [-0.05, 0) is 35.4 Å². The van der Waals surface area contributed by atoms with E-state index in [-0.39, 0.29) is 12.5 Å². The Balaban J connectivity index is 1.24. The van der Waals surface area contributed by atoms with Gasteiger partial charge in [0.2, 0.25) is 5.91 Å². The molecule has 1 aromatic heterocycles. The average molecular weight is 521 g/mol. The van der Waals surface area contributed by atoms with Crippen LogP contribution in [0.1, 0.15) is 17.2 Å². The van der Waals surface area contributed by atoms with Crippen molar-refractivity contribution in [2.24, 2.45) is 0 Å². The number of piperazine rings is 1. The van der Waals surface area contributed by atoms with Gasteiger partial charge in [-0.2, -0.15) is 0 Å². The fourth-order valence-corrected chi connectivity index (χ4v) is 4.50. The molecule has 1 aliphatic heterocycles. The van der Waals surface area contributed by atoms with Gasteiger partial charge in [-0.3, -0.25) is 14.7 Å². The van der Waals surface area contributed by atoms with E-state index in [0.717, 1.165) is 11.1 Å². The number of rotatable bonds is 6. The van der Waals surface area contributed by atoms with Crippen LogP contribution in [0.5, 0.6) is 0 Å². The van der Waals surface area contributed by atoms with Crippen LogP contribution in [-0.2, 0) is 16.1 Å². The standard InChI is InChI=1S/C27H25ClN4O5/c28-20-8-6-18(7-9-20)17-36-27(35)32-14-12-31(13-15-32)24(19-4-2-1-3-5-19)25(33)29-21-10-11-22-23(16-21)37-26(34)30-22/h1-11,16,24H,12-15,17H2,(H,29,33)(H,30,34). The molecule has 2 N–H and O–H groups in total. The predicted molar refractivity (Wildman–Crippen MR) is 139 cm³/mol. The molecule has 1 atom stereocenters. The lowest BCUT2D eigenvalue weighted by molar-refractivity contribution is -0.122. The zero-order valence-electron chi connectivity index (χ0n) is 19.9. The Morgan fingerprint density at radius 1 is 1.00 bits per heavy atom. The summed E-state index contributed by atoms with van der Waals surface area (Å²) < 4.78 is 10.6. The zero-order valence-corrected chi connectivity index (χ0v) is 20.6. The molecule has 1 unspecified atom stereocenters. The Bertz CT molecular complexity index is 1440. The van der Waals surface area contributed by atoms with E-state index < -0.39 is 17.9 Å². The summed E-state index contributed by atoms with van der Waals surface area (Å²) in [7, 11) is 0. The highest BCUT2D eigenvalue weighted by Gasteiger charge is 2.32. The van der Waals surface area contributed by atoms with Crippen molar-refractivity contribution >= 4 is 40.4 Å². The number of ether oxygens (including phenoxy) is 1. The van der Waals surface area contributed by atoms with Crippen LogP contribution < -0.4 is 11.1 Å². The first-order chi connectivity index (χ1) is 18.0. The third-order valence-corrected chi connectivity index (χ3v) is 6.52. The van der Waals surface area contributed by atoms with Gasteiger partial charge in [-0.25, -0.2) is 9.59 Å². The highest BCUT2D eigenvalue weighted by atomic mass is 35.5. The molecule has 2 heterocycles. The third-order valence-electron chi connectivity index (χ3n) is 6.27. The topological polar surface area (TPSA) is 108 Å². The van der Waals surface area contributed by atoms with E-state index in [1.54, 1.807) is 35.2 Å². The number of benzene rings is 3. The molecule has 190 valence electrons. The highest BCUT2D eigenvalue weighted by molar-refractivity contribution is 6.30. The average Bonchev–Trinajstić information content (AvgIpc) is 3.28. The van der Waals surface area contributed by atoms with E-state index in [1.165, 1.54) is 0 Å². The van der Waals surface area contributed by atoms with E-state index in [4.69, 9.17) is 20.8 Å². The van der Waals surface area contributed by atoms with Crippen molar-refractivity contribution < 1.29 is 18.7 Å². The molecule has 1 saturated heterocycles. The Morgan fingerprint density at radius 3 is 2.46 bits per heavy atom. The van der Waals surface area contributed by atoms with Gasteiger partial charge < -0.3 is 19.4 Å². The Labute approximate surface area is 217 Å². The lowest BCUT2D eigenvalue weighted by Crippen LogP contribution is -2.51. The molecule has 0 saturated carbocycles. The van der Waals surface area contributed by atoms with Crippen LogP contribution in [0.25, 0.3) is 11.1 Å². The molecule has 3 aromatic carbocycles. The van der Waals surface area contributed by atoms with Crippen LogP contribution in [0.3, 0.4) is 0 Å². The number of amides is 2. The number of nitrogens with zero attached hydrogens (tertiary/aromatic N) is 2. The smallest absolute Gasteiger partial charge is 0.417 e. The molecular formula is C27H25ClN4O5. The molecule has 0 bridgehead atoms. The molecule has 4 aromatic rings. The Morgan fingerprint density at radius 2 is 1.73 bits per heavy atom. The van der Waals surface area contributed by atoms with Crippen LogP contribution in [0, 0.1) is 0 Å².